The lowest BCUT2D eigenvalue weighted by atomic mass is 10.2. The molecule has 2 aromatic rings. The Bertz CT molecular complexity index is 840. The van der Waals surface area contributed by atoms with Gasteiger partial charge in [0.25, 0.3) is 0 Å². The summed E-state index contributed by atoms with van der Waals surface area (Å²) in [7, 11) is 0. The summed E-state index contributed by atoms with van der Waals surface area (Å²) in [6.07, 6.45) is 1.00. The molecule has 0 radical (unpaired) electrons. The van der Waals surface area contributed by atoms with Gasteiger partial charge in [-0.2, -0.15) is 0 Å². The Morgan fingerprint density at radius 3 is 2.61 bits per heavy atom. The average Bonchev–Trinajstić information content (AvgIpc) is 3.06. The van der Waals surface area contributed by atoms with Crippen molar-refractivity contribution in [2.24, 2.45) is 5.10 Å². The van der Waals surface area contributed by atoms with Gasteiger partial charge in [-0.05, 0) is 42.8 Å². The first-order chi connectivity index (χ1) is 13.6. The van der Waals surface area contributed by atoms with Crippen LogP contribution in [0, 0.1) is 0 Å². The number of hydrogen-bond donors (Lipinski definition) is 3. The molecule has 0 saturated carbocycles. The molecule has 7 nitrogen and oxygen atoms in total. The van der Waals surface area contributed by atoms with Crippen molar-refractivity contribution in [1.82, 2.24) is 5.32 Å². The Morgan fingerprint density at radius 2 is 1.89 bits per heavy atom. The highest BCUT2D eigenvalue weighted by molar-refractivity contribution is 8.15. The number of ether oxygens (including phenoxy) is 1. The summed E-state index contributed by atoms with van der Waals surface area (Å²) in [5.41, 5.74) is 4.36. The maximum atomic E-state index is 12.3. The number of thioether (sulfide) groups is 1. The smallest absolute Gasteiger partial charge is 0.240 e. The number of amides is 2. The van der Waals surface area contributed by atoms with Crippen LogP contribution in [0.25, 0.3) is 0 Å². The van der Waals surface area contributed by atoms with E-state index >= 15 is 0 Å². The maximum absolute atomic E-state index is 12.3. The number of para-hydroxylation sites is 1. The third-order valence-corrected chi connectivity index (χ3v) is 4.90. The molecule has 3 rings (SSSR count). The van der Waals surface area contributed by atoms with Gasteiger partial charge in [-0.15, -0.1) is 5.10 Å². The first kappa shape index (κ1) is 19.8. The molecule has 8 heteroatoms. The number of rotatable bonds is 8. The van der Waals surface area contributed by atoms with Gasteiger partial charge >= 0.3 is 0 Å². The molecule has 28 heavy (non-hydrogen) atoms. The molecular formula is C20H22N4O3S. The van der Waals surface area contributed by atoms with E-state index in [9.17, 15) is 9.59 Å². The summed E-state index contributed by atoms with van der Waals surface area (Å²) < 4.78 is 5.52. The zero-order chi connectivity index (χ0) is 19.8. The molecule has 2 amide bonds. The molecule has 0 bridgehead atoms. The lowest BCUT2D eigenvalue weighted by Crippen LogP contribution is -2.28. The fourth-order valence-electron chi connectivity index (χ4n) is 2.46. The number of carbonyl (C=O) groups excluding carboxylic acids is 2. The second-order valence-electron chi connectivity index (χ2n) is 6.12. The highest BCUT2D eigenvalue weighted by Gasteiger charge is 2.32. The summed E-state index contributed by atoms with van der Waals surface area (Å²) in [6.45, 7) is 2.70. The van der Waals surface area contributed by atoms with Crippen LogP contribution in [0.15, 0.2) is 59.7 Å². The van der Waals surface area contributed by atoms with E-state index in [1.807, 2.05) is 49.4 Å². The van der Waals surface area contributed by atoms with Gasteiger partial charge in [0.15, 0.2) is 5.17 Å². The molecule has 0 spiro atoms. The van der Waals surface area contributed by atoms with Gasteiger partial charge in [0.2, 0.25) is 11.8 Å². The predicted octanol–water partition coefficient (Wildman–Crippen LogP) is 3.42. The molecule has 3 N–H and O–H groups in total. The van der Waals surface area contributed by atoms with Crippen LogP contribution in [0.1, 0.15) is 19.8 Å². The molecule has 1 aliphatic heterocycles. The fourth-order valence-corrected chi connectivity index (χ4v) is 3.38. The quantitative estimate of drug-likeness (QED) is 0.593. The van der Waals surface area contributed by atoms with Crippen molar-refractivity contribution in [3.05, 3.63) is 54.6 Å². The molecule has 1 fully saturated rings. The van der Waals surface area contributed by atoms with Gasteiger partial charge in [0.05, 0.1) is 12.3 Å². The lowest BCUT2D eigenvalue weighted by molar-refractivity contribution is -0.122. The number of benzene rings is 2. The van der Waals surface area contributed by atoms with E-state index in [0.717, 1.165) is 17.9 Å². The highest BCUT2D eigenvalue weighted by Crippen LogP contribution is 2.23. The summed E-state index contributed by atoms with van der Waals surface area (Å²) in [4.78, 5) is 24.4. The molecule has 0 unspecified atom stereocenters. The number of nitrogens with one attached hydrogen (secondary N) is 3. The molecule has 1 atom stereocenters. The number of amidine groups is 1. The van der Waals surface area contributed by atoms with E-state index in [1.165, 1.54) is 11.8 Å². The van der Waals surface area contributed by atoms with Gasteiger partial charge in [-0.25, -0.2) is 0 Å². The first-order valence-corrected chi connectivity index (χ1v) is 9.91. The van der Waals surface area contributed by atoms with Crippen molar-refractivity contribution < 1.29 is 14.3 Å². The summed E-state index contributed by atoms with van der Waals surface area (Å²) in [6, 6.07) is 16.6. The Labute approximate surface area is 167 Å². The number of hydrogen-bond acceptors (Lipinski definition) is 6. The molecule has 0 aliphatic carbocycles. The minimum atomic E-state index is -0.511. The molecule has 0 aromatic heterocycles. The van der Waals surface area contributed by atoms with Crippen molar-refractivity contribution in [3.8, 4) is 5.75 Å². The van der Waals surface area contributed by atoms with Crippen LogP contribution in [-0.2, 0) is 9.59 Å². The van der Waals surface area contributed by atoms with E-state index in [2.05, 4.69) is 21.2 Å². The summed E-state index contributed by atoms with van der Waals surface area (Å²) in [5, 5.41) is 9.60. The highest BCUT2D eigenvalue weighted by atomic mass is 32.2. The first-order valence-electron chi connectivity index (χ1n) is 9.03. The zero-order valence-corrected chi connectivity index (χ0v) is 16.3. The minimum absolute atomic E-state index is 0.0644. The second kappa shape index (κ2) is 9.80. The lowest BCUT2D eigenvalue weighted by Gasteiger charge is -2.09. The topological polar surface area (TPSA) is 91.8 Å². The third kappa shape index (κ3) is 5.75. The number of carbonyl (C=O) groups is 2. The number of anilines is 2. The van der Waals surface area contributed by atoms with E-state index < -0.39 is 5.25 Å². The fraction of sp³-hybridized carbons (Fsp3) is 0.250. The van der Waals surface area contributed by atoms with Crippen molar-refractivity contribution in [3.63, 3.8) is 0 Å². The molecule has 146 valence electrons. The van der Waals surface area contributed by atoms with E-state index in [-0.39, 0.29) is 18.2 Å². The van der Waals surface area contributed by atoms with Crippen molar-refractivity contribution in [2.75, 3.05) is 17.3 Å². The van der Waals surface area contributed by atoms with Gasteiger partial charge in [-0.1, -0.05) is 36.9 Å². The van der Waals surface area contributed by atoms with Crippen molar-refractivity contribution in [1.29, 1.82) is 0 Å². The summed E-state index contributed by atoms with van der Waals surface area (Å²) in [5.74, 6) is 0.307. The standard InChI is InChI=1S/C20H22N4O3S/c1-2-12-27-16-10-8-14(9-11-16)21-18(25)13-17-19(26)22-20(28-17)24-23-15-6-4-3-5-7-15/h3-11,17,23H,2,12-13H2,1H3,(H,21,25)(H,22,24,26)/t17-/m1/s1. The van der Waals surface area contributed by atoms with Crippen LogP contribution in [0.3, 0.4) is 0 Å². The molecule has 1 aliphatic rings. The number of nitrogens with zero attached hydrogens (tertiary/aromatic N) is 1. The Balaban J connectivity index is 1.49. The SMILES string of the molecule is CCCOc1ccc(NC(=O)C[C@H]2S/C(=N/Nc3ccccc3)NC2=O)cc1. The van der Waals surface area contributed by atoms with E-state index in [4.69, 9.17) is 4.74 Å². The molecule has 2 aromatic carbocycles. The van der Waals surface area contributed by atoms with Crippen LogP contribution in [0.5, 0.6) is 5.75 Å². The molecule has 1 saturated heterocycles. The Kier molecular flexibility index (Phi) is 6.91. The van der Waals surface area contributed by atoms with E-state index in [0.29, 0.717) is 17.5 Å². The molecular weight excluding hydrogens is 376 g/mol. The van der Waals surface area contributed by atoms with Crippen LogP contribution >= 0.6 is 11.8 Å². The number of hydrazone groups is 1. The monoisotopic (exact) mass is 398 g/mol. The van der Waals surface area contributed by atoms with Crippen molar-refractivity contribution in [2.45, 2.75) is 25.0 Å². The molecule has 1 heterocycles. The Hall–Kier alpha value is -3.00. The summed E-state index contributed by atoms with van der Waals surface area (Å²) >= 11 is 1.23. The van der Waals surface area contributed by atoms with Gasteiger partial charge < -0.3 is 15.4 Å². The second-order valence-corrected chi connectivity index (χ2v) is 7.31. The van der Waals surface area contributed by atoms with E-state index in [1.54, 1.807) is 12.1 Å². The van der Waals surface area contributed by atoms with Crippen LogP contribution in [0.2, 0.25) is 0 Å². The van der Waals surface area contributed by atoms with Gasteiger partial charge in [0.1, 0.15) is 11.0 Å². The van der Waals surface area contributed by atoms with Gasteiger partial charge in [-0.3, -0.25) is 15.0 Å². The van der Waals surface area contributed by atoms with Crippen LogP contribution < -0.4 is 20.8 Å². The maximum Gasteiger partial charge on any atom is 0.240 e. The van der Waals surface area contributed by atoms with Gasteiger partial charge in [0, 0.05) is 12.1 Å². The average molecular weight is 398 g/mol. The largest absolute Gasteiger partial charge is 0.494 e. The van der Waals surface area contributed by atoms with Crippen LogP contribution in [-0.4, -0.2) is 28.8 Å². The Morgan fingerprint density at radius 1 is 1.14 bits per heavy atom. The zero-order valence-electron chi connectivity index (χ0n) is 15.5. The third-order valence-electron chi connectivity index (χ3n) is 3.82. The minimum Gasteiger partial charge on any atom is -0.494 e. The van der Waals surface area contributed by atoms with Crippen molar-refractivity contribution >= 4 is 40.1 Å². The predicted molar refractivity (Wildman–Crippen MR) is 112 cm³/mol. The normalized spacial score (nSPS) is 17.2. The van der Waals surface area contributed by atoms with Crippen LogP contribution in [0.4, 0.5) is 11.4 Å².